The van der Waals surface area contributed by atoms with Gasteiger partial charge in [-0.3, -0.25) is 4.79 Å². The van der Waals surface area contributed by atoms with Gasteiger partial charge in [0.25, 0.3) is 5.56 Å². The molecule has 1 aliphatic heterocycles. The summed E-state index contributed by atoms with van der Waals surface area (Å²) in [4.78, 5) is 16.0. The van der Waals surface area contributed by atoms with Crippen molar-refractivity contribution < 1.29 is 0 Å². The van der Waals surface area contributed by atoms with Gasteiger partial charge in [-0.2, -0.15) is 0 Å². The number of hydrogen-bond acceptors (Lipinski definition) is 4. The molecule has 2 N–H and O–H groups in total. The van der Waals surface area contributed by atoms with Gasteiger partial charge in [-0.1, -0.05) is 24.3 Å². The fourth-order valence-electron chi connectivity index (χ4n) is 2.59. The first-order chi connectivity index (χ1) is 9.75. The summed E-state index contributed by atoms with van der Waals surface area (Å²) >= 11 is 0. The van der Waals surface area contributed by atoms with Gasteiger partial charge in [0.15, 0.2) is 5.82 Å². The number of benzene rings is 1. The van der Waals surface area contributed by atoms with Crippen molar-refractivity contribution in [3.05, 3.63) is 58.1 Å². The molecule has 5 heteroatoms. The Hall–Kier alpha value is -2.14. The zero-order chi connectivity index (χ0) is 13.9. The van der Waals surface area contributed by atoms with Gasteiger partial charge in [0.05, 0.1) is 0 Å². The smallest absolute Gasteiger partial charge is 0.293 e. The molecule has 1 unspecified atom stereocenters. The number of anilines is 1. The lowest BCUT2D eigenvalue weighted by molar-refractivity contribution is 0.522. The van der Waals surface area contributed by atoms with E-state index < -0.39 is 0 Å². The summed E-state index contributed by atoms with van der Waals surface area (Å²) in [5.74, 6) is 0.403. The number of aryl methyl sites for hydroxylation is 1. The largest absolute Gasteiger partial charge is 0.364 e. The van der Waals surface area contributed by atoms with Crippen LogP contribution in [0.2, 0.25) is 0 Å². The molecule has 0 bridgehead atoms. The Morgan fingerprint density at radius 3 is 3.20 bits per heavy atom. The van der Waals surface area contributed by atoms with Crippen LogP contribution in [0.5, 0.6) is 0 Å². The van der Waals surface area contributed by atoms with Gasteiger partial charge in [0.1, 0.15) is 0 Å². The minimum atomic E-state index is -0.100. The topological polar surface area (TPSA) is 59.0 Å². The number of nitrogens with one attached hydrogen (secondary N) is 2. The van der Waals surface area contributed by atoms with Crippen molar-refractivity contribution in [1.82, 2.24) is 14.9 Å². The molecule has 1 aromatic carbocycles. The summed E-state index contributed by atoms with van der Waals surface area (Å²) in [7, 11) is 1.73. The number of rotatable bonds is 3. The highest BCUT2D eigenvalue weighted by atomic mass is 16.1. The molecule has 104 valence electrons. The van der Waals surface area contributed by atoms with Crippen LogP contribution in [0.4, 0.5) is 5.82 Å². The second kappa shape index (κ2) is 5.46. The Balaban J connectivity index is 1.77. The van der Waals surface area contributed by atoms with Crippen LogP contribution in [0.3, 0.4) is 0 Å². The molecule has 0 saturated heterocycles. The highest BCUT2D eigenvalue weighted by Crippen LogP contribution is 2.22. The van der Waals surface area contributed by atoms with E-state index in [9.17, 15) is 4.79 Å². The molecule has 1 aromatic heterocycles. The van der Waals surface area contributed by atoms with Gasteiger partial charge in [-0.15, -0.1) is 0 Å². The lowest BCUT2D eigenvalue weighted by Crippen LogP contribution is -2.35. The van der Waals surface area contributed by atoms with Crippen molar-refractivity contribution in [3.8, 4) is 0 Å². The summed E-state index contributed by atoms with van der Waals surface area (Å²) in [6.45, 7) is 1.62. The minimum Gasteiger partial charge on any atom is -0.364 e. The second-order valence-corrected chi connectivity index (χ2v) is 5.03. The average Bonchev–Trinajstić information content (AvgIpc) is 2.49. The van der Waals surface area contributed by atoms with Gasteiger partial charge in [-0.25, -0.2) is 4.98 Å². The maximum absolute atomic E-state index is 11.9. The molecule has 1 atom stereocenters. The highest BCUT2D eigenvalue weighted by Gasteiger charge is 2.19. The summed E-state index contributed by atoms with van der Waals surface area (Å²) in [6, 6.07) is 8.65. The minimum absolute atomic E-state index is 0.100. The summed E-state index contributed by atoms with van der Waals surface area (Å²) in [6.07, 6.45) is 4.34. The Morgan fingerprint density at radius 2 is 2.30 bits per heavy atom. The van der Waals surface area contributed by atoms with Crippen LogP contribution in [-0.2, 0) is 13.5 Å². The third kappa shape index (κ3) is 2.44. The molecule has 0 saturated carbocycles. The van der Waals surface area contributed by atoms with E-state index in [-0.39, 0.29) is 11.6 Å². The third-order valence-corrected chi connectivity index (χ3v) is 3.71. The van der Waals surface area contributed by atoms with E-state index >= 15 is 0 Å². The van der Waals surface area contributed by atoms with Crippen LogP contribution >= 0.6 is 0 Å². The predicted octanol–water partition coefficient (Wildman–Crippen LogP) is 1.08. The van der Waals surface area contributed by atoms with Crippen molar-refractivity contribution in [2.45, 2.75) is 12.5 Å². The standard InChI is InChI=1S/C15H18N4O/c1-19-9-8-17-14(15(19)20)18-10-13-12-5-3-2-4-11(12)6-7-16-13/h2-5,8-9,13,16H,6-7,10H2,1H3,(H,17,18). The van der Waals surface area contributed by atoms with Crippen molar-refractivity contribution in [1.29, 1.82) is 0 Å². The van der Waals surface area contributed by atoms with E-state index in [0.717, 1.165) is 13.0 Å². The quantitative estimate of drug-likeness (QED) is 0.876. The average molecular weight is 270 g/mol. The van der Waals surface area contributed by atoms with Gasteiger partial charge in [-0.05, 0) is 24.1 Å². The molecular formula is C15H18N4O. The van der Waals surface area contributed by atoms with Crippen LogP contribution in [0.25, 0.3) is 0 Å². The first-order valence-corrected chi connectivity index (χ1v) is 6.82. The molecule has 3 rings (SSSR count). The number of fused-ring (bicyclic) bond motifs is 1. The maximum atomic E-state index is 11.9. The van der Waals surface area contributed by atoms with Crippen LogP contribution in [0.1, 0.15) is 17.2 Å². The van der Waals surface area contributed by atoms with Crippen molar-refractivity contribution in [3.63, 3.8) is 0 Å². The van der Waals surface area contributed by atoms with Crippen molar-refractivity contribution in [2.75, 3.05) is 18.4 Å². The molecule has 2 aromatic rings. The molecule has 0 spiro atoms. The van der Waals surface area contributed by atoms with Crippen LogP contribution in [0.15, 0.2) is 41.5 Å². The Kier molecular flexibility index (Phi) is 3.52. The van der Waals surface area contributed by atoms with Crippen molar-refractivity contribution >= 4 is 5.82 Å². The summed E-state index contributed by atoms with van der Waals surface area (Å²) in [5.41, 5.74) is 2.59. The fraction of sp³-hybridized carbons (Fsp3) is 0.333. The van der Waals surface area contributed by atoms with Crippen molar-refractivity contribution in [2.24, 2.45) is 7.05 Å². The highest BCUT2D eigenvalue weighted by molar-refractivity contribution is 5.36. The molecule has 1 aliphatic rings. The molecule has 20 heavy (non-hydrogen) atoms. The van der Waals surface area contributed by atoms with E-state index in [1.165, 1.54) is 15.7 Å². The zero-order valence-electron chi connectivity index (χ0n) is 11.5. The SMILES string of the molecule is Cn1ccnc(NCC2NCCc3ccccc32)c1=O. The molecule has 5 nitrogen and oxygen atoms in total. The number of hydrogen-bond donors (Lipinski definition) is 2. The lowest BCUT2D eigenvalue weighted by Gasteiger charge is -2.27. The monoisotopic (exact) mass is 270 g/mol. The summed E-state index contributed by atoms with van der Waals surface area (Å²) < 4.78 is 1.53. The Labute approximate surface area is 117 Å². The molecule has 2 heterocycles. The number of aromatic nitrogens is 2. The zero-order valence-corrected chi connectivity index (χ0v) is 11.5. The van der Waals surface area contributed by atoms with E-state index in [1.54, 1.807) is 19.4 Å². The maximum Gasteiger partial charge on any atom is 0.293 e. The molecule has 0 radical (unpaired) electrons. The van der Waals surface area contributed by atoms with E-state index in [2.05, 4.69) is 39.9 Å². The first kappa shape index (κ1) is 12.9. The van der Waals surface area contributed by atoms with Crippen LogP contribution in [-0.4, -0.2) is 22.6 Å². The van der Waals surface area contributed by atoms with Gasteiger partial charge >= 0.3 is 0 Å². The first-order valence-electron chi connectivity index (χ1n) is 6.82. The Bertz CT molecular complexity index is 665. The predicted molar refractivity (Wildman–Crippen MR) is 78.9 cm³/mol. The van der Waals surface area contributed by atoms with Crippen LogP contribution in [0, 0.1) is 0 Å². The second-order valence-electron chi connectivity index (χ2n) is 5.03. The lowest BCUT2D eigenvalue weighted by atomic mass is 9.94. The molecule has 0 aliphatic carbocycles. The molecular weight excluding hydrogens is 252 g/mol. The Morgan fingerprint density at radius 1 is 1.45 bits per heavy atom. The normalized spacial score (nSPS) is 17.6. The van der Waals surface area contributed by atoms with Gasteiger partial charge in [0.2, 0.25) is 0 Å². The molecule has 0 fully saturated rings. The third-order valence-electron chi connectivity index (χ3n) is 3.71. The van der Waals surface area contributed by atoms with E-state index in [4.69, 9.17) is 0 Å². The van der Waals surface area contributed by atoms with E-state index in [0.29, 0.717) is 12.4 Å². The fourth-order valence-corrected chi connectivity index (χ4v) is 2.59. The number of nitrogens with zero attached hydrogens (tertiary/aromatic N) is 2. The van der Waals surface area contributed by atoms with Crippen LogP contribution < -0.4 is 16.2 Å². The van der Waals surface area contributed by atoms with Gasteiger partial charge < -0.3 is 15.2 Å². The van der Waals surface area contributed by atoms with E-state index in [1.807, 2.05) is 0 Å². The molecule has 0 amide bonds. The summed E-state index contributed by atoms with van der Waals surface area (Å²) in [5, 5.41) is 6.64. The van der Waals surface area contributed by atoms with Gasteiger partial charge in [0, 0.05) is 32.0 Å².